The molecule has 0 radical (unpaired) electrons. The summed E-state index contributed by atoms with van der Waals surface area (Å²) < 4.78 is 44.3. The van der Waals surface area contributed by atoms with Gasteiger partial charge in [0.05, 0.1) is 5.69 Å². The minimum atomic E-state index is -3.06. The molecule has 3 rings (SSSR count). The molecule has 124 valence electrons. The van der Waals surface area contributed by atoms with Crippen molar-refractivity contribution >= 4 is 0 Å². The van der Waals surface area contributed by atoms with Crippen LogP contribution < -0.4 is 10.1 Å². The van der Waals surface area contributed by atoms with Crippen molar-refractivity contribution < 1.29 is 17.9 Å². The Bertz CT molecular complexity index is 681. The maximum atomic E-state index is 13.5. The summed E-state index contributed by atoms with van der Waals surface area (Å²) >= 11 is 0. The fourth-order valence-electron chi connectivity index (χ4n) is 2.93. The van der Waals surface area contributed by atoms with E-state index in [0.717, 1.165) is 37.8 Å². The molecule has 1 aliphatic rings. The van der Waals surface area contributed by atoms with E-state index in [1.807, 2.05) is 17.8 Å². The molecule has 0 amide bonds. The molecule has 1 aliphatic heterocycles. The SMILES string of the molecule is Cn1cc(-c2ccc(F)c(OC(F)F)c2)nc1C1CCNCC1. The fourth-order valence-corrected chi connectivity index (χ4v) is 2.93. The lowest BCUT2D eigenvalue weighted by Gasteiger charge is -2.21. The van der Waals surface area contributed by atoms with Gasteiger partial charge in [-0.25, -0.2) is 9.37 Å². The van der Waals surface area contributed by atoms with E-state index in [9.17, 15) is 13.2 Å². The monoisotopic (exact) mass is 325 g/mol. The van der Waals surface area contributed by atoms with Crippen molar-refractivity contribution in [3.63, 3.8) is 0 Å². The first-order chi connectivity index (χ1) is 11.0. The molecule has 0 unspecified atom stereocenters. The Morgan fingerprint density at radius 3 is 2.74 bits per heavy atom. The second-order valence-electron chi connectivity index (χ2n) is 5.64. The third kappa shape index (κ3) is 3.50. The van der Waals surface area contributed by atoms with Crippen LogP contribution in [-0.2, 0) is 7.05 Å². The van der Waals surface area contributed by atoms with E-state index in [1.165, 1.54) is 12.1 Å². The standard InChI is InChI=1S/C16H18F3N3O/c1-22-9-13(21-15(22)10-4-6-20-7-5-10)11-2-3-12(17)14(8-11)23-16(18)19/h2-3,8-10,16,20H,4-7H2,1H3. The number of hydrogen-bond donors (Lipinski definition) is 1. The van der Waals surface area contributed by atoms with Crippen LogP contribution in [0.25, 0.3) is 11.3 Å². The number of piperidine rings is 1. The van der Waals surface area contributed by atoms with Crippen molar-refractivity contribution in [1.29, 1.82) is 0 Å². The minimum absolute atomic E-state index is 0.368. The van der Waals surface area contributed by atoms with Gasteiger partial charge in [0.1, 0.15) is 5.82 Å². The number of ether oxygens (including phenoxy) is 1. The van der Waals surface area contributed by atoms with Gasteiger partial charge in [-0.1, -0.05) is 0 Å². The Kier molecular flexibility index (Phi) is 4.56. The quantitative estimate of drug-likeness (QED) is 0.937. The van der Waals surface area contributed by atoms with E-state index >= 15 is 0 Å². The van der Waals surface area contributed by atoms with Gasteiger partial charge < -0.3 is 14.6 Å². The number of benzene rings is 1. The number of imidazole rings is 1. The average Bonchev–Trinajstić information content (AvgIpc) is 2.92. The molecule has 0 saturated carbocycles. The van der Waals surface area contributed by atoms with E-state index in [-0.39, 0.29) is 0 Å². The summed E-state index contributed by atoms with van der Waals surface area (Å²) in [5.41, 5.74) is 1.18. The molecule has 7 heteroatoms. The van der Waals surface area contributed by atoms with Crippen LogP contribution in [0.5, 0.6) is 5.75 Å². The van der Waals surface area contributed by atoms with Gasteiger partial charge in [-0.05, 0) is 44.1 Å². The third-order valence-electron chi connectivity index (χ3n) is 4.06. The molecule has 0 bridgehead atoms. The van der Waals surface area contributed by atoms with Gasteiger partial charge in [0, 0.05) is 24.7 Å². The van der Waals surface area contributed by atoms with Crippen LogP contribution in [0.1, 0.15) is 24.6 Å². The fraction of sp³-hybridized carbons (Fsp3) is 0.438. The Morgan fingerprint density at radius 2 is 2.04 bits per heavy atom. The number of alkyl halides is 2. The lowest BCUT2D eigenvalue weighted by molar-refractivity contribution is -0.0521. The van der Waals surface area contributed by atoms with E-state index in [2.05, 4.69) is 15.0 Å². The van der Waals surface area contributed by atoms with Gasteiger partial charge in [0.15, 0.2) is 11.6 Å². The summed E-state index contributed by atoms with van der Waals surface area (Å²) in [6, 6.07) is 3.89. The Labute approximate surface area is 132 Å². The maximum Gasteiger partial charge on any atom is 0.387 e. The summed E-state index contributed by atoms with van der Waals surface area (Å²) in [6.45, 7) is -1.15. The Balaban J connectivity index is 1.90. The van der Waals surface area contributed by atoms with Gasteiger partial charge in [-0.3, -0.25) is 0 Å². The Morgan fingerprint density at radius 1 is 1.30 bits per heavy atom. The Hall–Kier alpha value is -2.02. The molecule has 1 aromatic carbocycles. The van der Waals surface area contributed by atoms with Crippen molar-refractivity contribution in [2.75, 3.05) is 13.1 Å². The summed E-state index contributed by atoms with van der Waals surface area (Å²) in [7, 11) is 1.91. The van der Waals surface area contributed by atoms with Crippen molar-refractivity contribution in [3.8, 4) is 17.0 Å². The molecule has 2 heterocycles. The second-order valence-corrected chi connectivity index (χ2v) is 5.64. The first-order valence-corrected chi connectivity index (χ1v) is 7.53. The smallest absolute Gasteiger partial charge is 0.387 e. The third-order valence-corrected chi connectivity index (χ3v) is 4.06. The van der Waals surface area contributed by atoms with Crippen molar-refractivity contribution in [2.24, 2.45) is 7.05 Å². The summed E-state index contributed by atoms with van der Waals surface area (Å²) in [5.74, 6) is 0.0458. The largest absolute Gasteiger partial charge is 0.432 e. The highest BCUT2D eigenvalue weighted by Crippen LogP contribution is 2.30. The van der Waals surface area contributed by atoms with Crippen LogP contribution in [0.3, 0.4) is 0 Å². The molecule has 1 saturated heterocycles. The van der Waals surface area contributed by atoms with E-state index in [0.29, 0.717) is 17.2 Å². The van der Waals surface area contributed by atoms with Crippen LogP contribution in [0.2, 0.25) is 0 Å². The number of aromatic nitrogens is 2. The zero-order valence-corrected chi connectivity index (χ0v) is 12.7. The van der Waals surface area contributed by atoms with Crippen LogP contribution >= 0.6 is 0 Å². The van der Waals surface area contributed by atoms with Gasteiger partial charge in [-0.2, -0.15) is 8.78 Å². The van der Waals surface area contributed by atoms with Crippen molar-refractivity contribution in [3.05, 3.63) is 36.0 Å². The first-order valence-electron chi connectivity index (χ1n) is 7.53. The van der Waals surface area contributed by atoms with Gasteiger partial charge in [0.2, 0.25) is 0 Å². The van der Waals surface area contributed by atoms with E-state index in [4.69, 9.17) is 0 Å². The average molecular weight is 325 g/mol. The molecule has 0 spiro atoms. The zero-order valence-electron chi connectivity index (χ0n) is 12.7. The van der Waals surface area contributed by atoms with Crippen LogP contribution in [0, 0.1) is 5.82 Å². The summed E-state index contributed by atoms with van der Waals surface area (Å²) in [5, 5.41) is 3.31. The number of halogens is 3. The number of hydrogen-bond acceptors (Lipinski definition) is 3. The topological polar surface area (TPSA) is 39.1 Å². The van der Waals surface area contributed by atoms with E-state index < -0.39 is 18.2 Å². The highest BCUT2D eigenvalue weighted by atomic mass is 19.3. The summed E-state index contributed by atoms with van der Waals surface area (Å²) in [4.78, 5) is 4.62. The van der Waals surface area contributed by atoms with Crippen LogP contribution in [0.4, 0.5) is 13.2 Å². The lowest BCUT2D eigenvalue weighted by atomic mass is 9.97. The highest BCUT2D eigenvalue weighted by molar-refractivity contribution is 5.61. The molecule has 23 heavy (non-hydrogen) atoms. The van der Waals surface area contributed by atoms with Gasteiger partial charge >= 0.3 is 6.61 Å². The molecule has 1 N–H and O–H groups in total. The normalized spacial score (nSPS) is 16.0. The molecular formula is C16H18F3N3O. The zero-order chi connectivity index (χ0) is 16.4. The van der Waals surface area contributed by atoms with Gasteiger partial charge in [0.25, 0.3) is 0 Å². The van der Waals surface area contributed by atoms with E-state index in [1.54, 1.807) is 0 Å². The molecule has 0 aliphatic carbocycles. The van der Waals surface area contributed by atoms with Crippen molar-refractivity contribution in [1.82, 2.24) is 14.9 Å². The second kappa shape index (κ2) is 6.62. The molecule has 4 nitrogen and oxygen atoms in total. The highest BCUT2D eigenvalue weighted by Gasteiger charge is 2.21. The van der Waals surface area contributed by atoms with Crippen LogP contribution in [-0.4, -0.2) is 29.3 Å². The number of aryl methyl sites for hydroxylation is 1. The number of nitrogens with zero attached hydrogens (tertiary/aromatic N) is 2. The molecule has 2 aromatic rings. The van der Waals surface area contributed by atoms with Crippen molar-refractivity contribution in [2.45, 2.75) is 25.4 Å². The summed E-state index contributed by atoms with van der Waals surface area (Å²) in [6.07, 6.45) is 3.84. The first kappa shape index (κ1) is 15.9. The van der Waals surface area contributed by atoms with Crippen LogP contribution in [0.15, 0.2) is 24.4 Å². The maximum absolute atomic E-state index is 13.5. The number of nitrogens with one attached hydrogen (secondary N) is 1. The van der Waals surface area contributed by atoms with Gasteiger partial charge in [-0.15, -0.1) is 0 Å². The number of rotatable bonds is 4. The molecular weight excluding hydrogens is 307 g/mol. The minimum Gasteiger partial charge on any atom is -0.432 e. The predicted molar refractivity (Wildman–Crippen MR) is 80.1 cm³/mol. The molecule has 1 aromatic heterocycles. The lowest BCUT2D eigenvalue weighted by Crippen LogP contribution is -2.27. The molecule has 0 atom stereocenters. The predicted octanol–water partition coefficient (Wildman–Crippen LogP) is 3.29. The molecule has 1 fully saturated rings.